The Kier molecular flexibility index (Phi) is 6.55. The van der Waals surface area contributed by atoms with Gasteiger partial charge in [-0.05, 0) is 53.1 Å². The van der Waals surface area contributed by atoms with Gasteiger partial charge in [0.25, 0.3) is 5.91 Å². The summed E-state index contributed by atoms with van der Waals surface area (Å²) in [5, 5.41) is 2.85. The highest BCUT2D eigenvalue weighted by molar-refractivity contribution is 14.1. The predicted molar refractivity (Wildman–Crippen MR) is 83.6 cm³/mol. The molecule has 0 aliphatic heterocycles. The molecule has 1 N–H and O–H groups in total. The number of halogens is 3. The van der Waals surface area contributed by atoms with Gasteiger partial charge in [0, 0.05) is 14.9 Å². The maximum atomic E-state index is 12.9. The van der Waals surface area contributed by atoms with Gasteiger partial charge in [-0.15, -0.1) is 0 Å². The van der Waals surface area contributed by atoms with Crippen LogP contribution in [0.25, 0.3) is 0 Å². The minimum Gasteiger partial charge on any atom is -0.351 e. The average Bonchev–Trinajstić information content (AvgIpc) is 2.25. The van der Waals surface area contributed by atoms with Crippen molar-refractivity contribution in [2.24, 2.45) is 5.92 Å². The molecule has 0 saturated heterocycles. The van der Waals surface area contributed by atoms with Crippen molar-refractivity contribution in [3.63, 3.8) is 0 Å². The Balaban J connectivity index is 2.55. The zero-order valence-electron chi connectivity index (χ0n) is 10.3. The number of hydrogen-bond acceptors (Lipinski definition) is 1. The summed E-state index contributed by atoms with van der Waals surface area (Å²) in [7, 11) is 0. The van der Waals surface area contributed by atoms with Crippen LogP contribution < -0.4 is 5.32 Å². The first-order valence-electron chi connectivity index (χ1n) is 5.77. The molecule has 1 rings (SSSR count). The fourth-order valence-electron chi connectivity index (χ4n) is 1.57. The van der Waals surface area contributed by atoms with Crippen molar-refractivity contribution < 1.29 is 9.18 Å². The Labute approximate surface area is 129 Å². The first-order valence-corrected chi connectivity index (χ1v) is 7.77. The number of nitrogens with one attached hydrogen (secondary N) is 1. The van der Waals surface area contributed by atoms with Crippen LogP contribution >= 0.6 is 38.5 Å². The third kappa shape index (κ3) is 5.22. The molecule has 1 atom stereocenters. The van der Waals surface area contributed by atoms with E-state index >= 15 is 0 Å². The van der Waals surface area contributed by atoms with E-state index in [1.807, 2.05) is 22.6 Å². The Morgan fingerprint density at radius 2 is 2.17 bits per heavy atom. The van der Waals surface area contributed by atoms with Crippen LogP contribution in [0, 0.1) is 15.3 Å². The second kappa shape index (κ2) is 7.43. The van der Waals surface area contributed by atoms with Crippen LogP contribution in [0.2, 0.25) is 0 Å². The van der Waals surface area contributed by atoms with Crippen LogP contribution in [0.4, 0.5) is 4.39 Å². The van der Waals surface area contributed by atoms with E-state index in [1.165, 1.54) is 18.2 Å². The molecular formula is C13H16BrFINO. The van der Waals surface area contributed by atoms with E-state index in [0.29, 0.717) is 21.6 Å². The normalized spacial score (nSPS) is 12.6. The zero-order valence-corrected chi connectivity index (χ0v) is 14.1. The monoisotopic (exact) mass is 427 g/mol. The highest BCUT2D eigenvalue weighted by atomic mass is 127. The molecule has 1 amide bonds. The second-order valence-electron chi connectivity index (χ2n) is 4.56. The van der Waals surface area contributed by atoms with E-state index in [0.717, 1.165) is 6.42 Å². The van der Waals surface area contributed by atoms with Gasteiger partial charge in [0.2, 0.25) is 0 Å². The molecule has 0 aliphatic rings. The summed E-state index contributed by atoms with van der Waals surface area (Å²) < 4.78 is 13.5. The summed E-state index contributed by atoms with van der Waals surface area (Å²) in [6.07, 6.45) is 1.00. The van der Waals surface area contributed by atoms with Crippen molar-refractivity contribution in [2.75, 3.05) is 6.54 Å². The van der Waals surface area contributed by atoms with Gasteiger partial charge in [-0.25, -0.2) is 4.39 Å². The van der Waals surface area contributed by atoms with Gasteiger partial charge in [0.15, 0.2) is 0 Å². The third-order valence-corrected chi connectivity index (χ3v) is 3.98. The SMILES string of the molecule is CC(C)CC(Br)CNC(=O)c1ccc(F)cc1I. The number of carbonyl (C=O) groups excluding carboxylic acids is 1. The van der Waals surface area contributed by atoms with Gasteiger partial charge in [-0.2, -0.15) is 0 Å². The topological polar surface area (TPSA) is 29.1 Å². The van der Waals surface area contributed by atoms with E-state index in [9.17, 15) is 9.18 Å². The van der Waals surface area contributed by atoms with Crippen LogP contribution in [-0.4, -0.2) is 17.3 Å². The molecule has 0 heterocycles. The fraction of sp³-hybridized carbons (Fsp3) is 0.462. The minimum absolute atomic E-state index is 0.160. The number of rotatable bonds is 5. The Hall–Kier alpha value is -0.170. The quantitative estimate of drug-likeness (QED) is 0.559. The smallest absolute Gasteiger partial charge is 0.252 e. The van der Waals surface area contributed by atoms with E-state index in [1.54, 1.807) is 0 Å². The lowest BCUT2D eigenvalue weighted by atomic mass is 10.1. The van der Waals surface area contributed by atoms with Crippen molar-refractivity contribution in [3.8, 4) is 0 Å². The van der Waals surface area contributed by atoms with Crippen molar-refractivity contribution in [2.45, 2.75) is 25.1 Å². The Morgan fingerprint density at radius 1 is 1.50 bits per heavy atom. The summed E-state index contributed by atoms with van der Waals surface area (Å²) in [4.78, 5) is 12.2. The highest BCUT2D eigenvalue weighted by Gasteiger charge is 2.13. The molecule has 0 aliphatic carbocycles. The summed E-state index contributed by atoms with van der Waals surface area (Å²) in [6.45, 7) is 4.85. The van der Waals surface area contributed by atoms with Crippen LogP contribution in [0.3, 0.4) is 0 Å². The van der Waals surface area contributed by atoms with Gasteiger partial charge in [0.05, 0.1) is 5.56 Å². The lowest BCUT2D eigenvalue weighted by Gasteiger charge is -2.13. The maximum Gasteiger partial charge on any atom is 0.252 e. The fourth-order valence-corrected chi connectivity index (χ4v) is 3.20. The average molecular weight is 428 g/mol. The van der Waals surface area contributed by atoms with Gasteiger partial charge >= 0.3 is 0 Å². The molecule has 1 aromatic carbocycles. The number of hydrogen-bond donors (Lipinski definition) is 1. The largest absolute Gasteiger partial charge is 0.351 e. The van der Waals surface area contributed by atoms with E-state index in [2.05, 4.69) is 35.1 Å². The Bertz CT molecular complexity index is 425. The number of benzene rings is 1. The van der Waals surface area contributed by atoms with E-state index < -0.39 is 0 Å². The molecule has 2 nitrogen and oxygen atoms in total. The summed E-state index contributed by atoms with van der Waals surface area (Å²) in [6, 6.07) is 4.17. The molecule has 1 unspecified atom stereocenters. The minimum atomic E-state index is -0.325. The number of alkyl halides is 1. The molecule has 100 valence electrons. The summed E-state index contributed by atoms with van der Waals surface area (Å²) in [5.74, 6) is 0.0963. The van der Waals surface area contributed by atoms with Crippen molar-refractivity contribution in [1.29, 1.82) is 0 Å². The first-order chi connectivity index (χ1) is 8.40. The molecule has 0 fully saturated rings. The molecular weight excluding hydrogens is 412 g/mol. The first kappa shape index (κ1) is 15.9. The lowest BCUT2D eigenvalue weighted by Crippen LogP contribution is -2.30. The van der Waals surface area contributed by atoms with Gasteiger partial charge < -0.3 is 5.32 Å². The summed E-state index contributed by atoms with van der Waals surface area (Å²) >= 11 is 5.50. The van der Waals surface area contributed by atoms with Gasteiger partial charge in [0.1, 0.15) is 5.82 Å². The van der Waals surface area contributed by atoms with E-state index in [4.69, 9.17) is 0 Å². The van der Waals surface area contributed by atoms with Gasteiger partial charge in [-0.1, -0.05) is 29.8 Å². The molecule has 0 bridgehead atoms. The molecule has 1 aromatic rings. The van der Waals surface area contributed by atoms with Gasteiger partial charge in [-0.3, -0.25) is 4.79 Å². The molecule has 0 spiro atoms. The maximum absolute atomic E-state index is 12.9. The van der Waals surface area contributed by atoms with Crippen molar-refractivity contribution >= 4 is 44.4 Å². The lowest BCUT2D eigenvalue weighted by molar-refractivity contribution is 0.0952. The number of amides is 1. The highest BCUT2D eigenvalue weighted by Crippen LogP contribution is 2.15. The predicted octanol–water partition coefficient (Wildman–Crippen LogP) is 3.97. The molecule has 0 saturated carbocycles. The van der Waals surface area contributed by atoms with Crippen LogP contribution in [0.5, 0.6) is 0 Å². The third-order valence-electron chi connectivity index (χ3n) is 2.39. The Morgan fingerprint density at radius 3 is 2.72 bits per heavy atom. The van der Waals surface area contributed by atoms with Crippen LogP contribution in [0.1, 0.15) is 30.6 Å². The molecule has 18 heavy (non-hydrogen) atoms. The van der Waals surface area contributed by atoms with Crippen molar-refractivity contribution in [3.05, 3.63) is 33.1 Å². The van der Waals surface area contributed by atoms with Crippen LogP contribution in [-0.2, 0) is 0 Å². The molecule has 0 aromatic heterocycles. The second-order valence-corrected chi connectivity index (χ2v) is 7.02. The summed E-state index contributed by atoms with van der Waals surface area (Å²) in [5.41, 5.74) is 0.515. The zero-order chi connectivity index (χ0) is 13.7. The molecule has 5 heteroatoms. The van der Waals surface area contributed by atoms with E-state index in [-0.39, 0.29) is 16.6 Å². The van der Waals surface area contributed by atoms with Crippen LogP contribution in [0.15, 0.2) is 18.2 Å². The molecule has 0 radical (unpaired) electrons. The standard InChI is InChI=1S/C13H16BrFINO/c1-8(2)5-9(14)7-17-13(18)11-4-3-10(15)6-12(11)16/h3-4,6,8-9H,5,7H2,1-2H3,(H,17,18). The van der Waals surface area contributed by atoms with Crippen molar-refractivity contribution in [1.82, 2.24) is 5.32 Å². The number of carbonyl (C=O) groups is 1.